The summed E-state index contributed by atoms with van der Waals surface area (Å²) in [6.07, 6.45) is 2.95. The maximum atomic E-state index is 6.03. The molecular weight excluding hydrogens is 228 g/mol. The lowest BCUT2D eigenvalue weighted by Crippen LogP contribution is -2.09. The summed E-state index contributed by atoms with van der Waals surface area (Å²) >= 11 is 0. The second kappa shape index (κ2) is 5.12. The largest absolute Gasteiger partial charge is 0.394 e. The van der Waals surface area contributed by atoms with Gasteiger partial charge in [0.25, 0.3) is 0 Å². The quantitative estimate of drug-likeness (QED) is 0.841. The number of hydrogen-bond acceptors (Lipinski definition) is 4. The molecule has 2 rings (SSSR count). The Morgan fingerprint density at radius 3 is 2.78 bits per heavy atom. The van der Waals surface area contributed by atoms with Gasteiger partial charge in [-0.3, -0.25) is 4.68 Å². The van der Waals surface area contributed by atoms with Gasteiger partial charge in [-0.15, -0.1) is 0 Å². The van der Waals surface area contributed by atoms with Crippen molar-refractivity contribution in [1.82, 2.24) is 19.6 Å². The lowest BCUT2D eigenvalue weighted by molar-refractivity contribution is 0.602. The van der Waals surface area contributed by atoms with Crippen LogP contribution in [0.2, 0.25) is 0 Å². The van der Waals surface area contributed by atoms with Crippen LogP contribution < -0.4 is 11.1 Å². The van der Waals surface area contributed by atoms with Crippen molar-refractivity contribution < 1.29 is 0 Å². The standard InChI is InChI=1S/C12H20N6/c1-4-6-18-12(11(13)9(2)15-18)14-8-10-5-7-17(3)16-10/h5,7,14H,4,6,8,13H2,1-3H3. The number of aromatic nitrogens is 4. The van der Waals surface area contributed by atoms with Gasteiger partial charge in [0.05, 0.1) is 23.6 Å². The first-order valence-electron chi connectivity index (χ1n) is 6.17. The van der Waals surface area contributed by atoms with Crippen molar-refractivity contribution in [1.29, 1.82) is 0 Å². The third-order valence-corrected chi connectivity index (χ3v) is 2.81. The van der Waals surface area contributed by atoms with Gasteiger partial charge in [0.1, 0.15) is 5.82 Å². The fourth-order valence-corrected chi connectivity index (χ4v) is 1.89. The maximum absolute atomic E-state index is 6.03. The third kappa shape index (κ3) is 2.47. The average Bonchev–Trinajstić information content (AvgIpc) is 2.84. The van der Waals surface area contributed by atoms with E-state index in [9.17, 15) is 0 Å². The molecule has 6 heteroatoms. The fourth-order valence-electron chi connectivity index (χ4n) is 1.89. The van der Waals surface area contributed by atoms with E-state index in [0.29, 0.717) is 6.54 Å². The first kappa shape index (κ1) is 12.5. The number of nitrogens with zero attached hydrogens (tertiary/aromatic N) is 4. The molecule has 0 aromatic carbocycles. The Morgan fingerprint density at radius 2 is 2.17 bits per heavy atom. The lowest BCUT2D eigenvalue weighted by Gasteiger charge is -2.08. The molecule has 3 N–H and O–H groups in total. The monoisotopic (exact) mass is 248 g/mol. The summed E-state index contributed by atoms with van der Waals surface area (Å²) in [6.45, 7) is 5.56. The molecule has 0 saturated heterocycles. The van der Waals surface area contributed by atoms with E-state index in [-0.39, 0.29) is 0 Å². The van der Waals surface area contributed by atoms with Crippen LogP contribution in [-0.4, -0.2) is 19.6 Å². The van der Waals surface area contributed by atoms with Crippen molar-refractivity contribution in [2.75, 3.05) is 11.1 Å². The zero-order valence-electron chi connectivity index (χ0n) is 11.1. The minimum atomic E-state index is 0.653. The normalized spacial score (nSPS) is 10.8. The van der Waals surface area contributed by atoms with Crippen molar-refractivity contribution >= 4 is 11.5 Å². The highest BCUT2D eigenvalue weighted by Gasteiger charge is 2.11. The van der Waals surface area contributed by atoms with Crippen LogP contribution in [0.25, 0.3) is 0 Å². The molecule has 18 heavy (non-hydrogen) atoms. The maximum Gasteiger partial charge on any atom is 0.148 e. The van der Waals surface area contributed by atoms with E-state index in [0.717, 1.165) is 35.9 Å². The Balaban J connectivity index is 2.12. The zero-order chi connectivity index (χ0) is 13.1. The third-order valence-electron chi connectivity index (χ3n) is 2.81. The fraction of sp³-hybridized carbons (Fsp3) is 0.500. The lowest BCUT2D eigenvalue weighted by atomic mass is 10.3. The van der Waals surface area contributed by atoms with Crippen molar-refractivity contribution in [2.45, 2.75) is 33.4 Å². The van der Waals surface area contributed by atoms with Gasteiger partial charge < -0.3 is 11.1 Å². The molecular formula is C12H20N6. The molecule has 0 fully saturated rings. The van der Waals surface area contributed by atoms with E-state index in [1.165, 1.54) is 0 Å². The Morgan fingerprint density at radius 1 is 1.39 bits per heavy atom. The van der Waals surface area contributed by atoms with Crippen molar-refractivity contribution in [3.8, 4) is 0 Å². The summed E-state index contributed by atoms with van der Waals surface area (Å²) in [7, 11) is 1.91. The molecule has 0 aliphatic rings. The van der Waals surface area contributed by atoms with Crippen LogP contribution in [0.3, 0.4) is 0 Å². The minimum absolute atomic E-state index is 0.653. The predicted molar refractivity (Wildman–Crippen MR) is 72.2 cm³/mol. The molecule has 0 bridgehead atoms. The van der Waals surface area contributed by atoms with Crippen molar-refractivity contribution in [3.05, 3.63) is 23.7 Å². The number of hydrogen-bond donors (Lipinski definition) is 2. The van der Waals surface area contributed by atoms with E-state index in [1.54, 1.807) is 4.68 Å². The summed E-state index contributed by atoms with van der Waals surface area (Å²) < 4.78 is 3.71. The average molecular weight is 248 g/mol. The van der Waals surface area contributed by atoms with E-state index in [1.807, 2.05) is 30.9 Å². The molecule has 0 radical (unpaired) electrons. The molecule has 2 aromatic heterocycles. The van der Waals surface area contributed by atoms with Gasteiger partial charge >= 0.3 is 0 Å². The summed E-state index contributed by atoms with van der Waals surface area (Å²) in [4.78, 5) is 0. The van der Waals surface area contributed by atoms with E-state index >= 15 is 0 Å². The number of nitrogens with two attached hydrogens (primary N) is 1. The van der Waals surface area contributed by atoms with Crippen LogP contribution in [0.15, 0.2) is 12.3 Å². The first-order chi connectivity index (χ1) is 8.61. The molecule has 0 amide bonds. The predicted octanol–water partition coefficient (Wildman–Crippen LogP) is 1.53. The number of nitrogen functional groups attached to an aromatic ring is 1. The Labute approximate surface area is 107 Å². The van der Waals surface area contributed by atoms with Gasteiger partial charge in [-0.2, -0.15) is 10.2 Å². The highest BCUT2D eigenvalue weighted by Crippen LogP contribution is 2.22. The van der Waals surface area contributed by atoms with Crippen LogP contribution in [-0.2, 0) is 20.1 Å². The minimum Gasteiger partial charge on any atom is -0.394 e. The van der Waals surface area contributed by atoms with Gasteiger partial charge in [0, 0.05) is 19.8 Å². The molecule has 6 nitrogen and oxygen atoms in total. The van der Waals surface area contributed by atoms with Gasteiger partial charge in [-0.05, 0) is 19.4 Å². The van der Waals surface area contributed by atoms with Crippen LogP contribution in [0, 0.1) is 6.92 Å². The molecule has 0 aliphatic carbocycles. The summed E-state index contributed by atoms with van der Waals surface area (Å²) in [5.41, 5.74) is 8.61. The summed E-state index contributed by atoms with van der Waals surface area (Å²) in [5, 5.41) is 12.1. The summed E-state index contributed by atoms with van der Waals surface area (Å²) in [6, 6.07) is 1.98. The smallest absolute Gasteiger partial charge is 0.148 e. The Bertz CT molecular complexity index is 525. The number of anilines is 2. The molecule has 0 saturated carbocycles. The van der Waals surface area contributed by atoms with Crippen LogP contribution in [0.1, 0.15) is 24.7 Å². The Hall–Kier alpha value is -1.98. The zero-order valence-corrected chi connectivity index (χ0v) is 11.1. The van der Waals surface area contributed by atoms with Gasteiger partial charge in [0.15, 0.2) is 0 Å². The molecule has 0 atom stereocenters. The van der Waals surface area contributed by atoms with Gasteiger partial charge in [-0.25, -0.2) is 4.68 Å². The molecule has 0 spiro atoms. The molecule has 2 heterocycles. The molecule has 2 aromatic rings. The molecule has 0 unspecified atom stereocenters. The Kier molecular flexibility index (Phi) is 3.55. The second-order valence-corrected chi connectivity index (χ2v) is 4.41. The summed E-state index contributed by atoms with van der Waals surface area (Å²) in [5.74, 6) is 0.889. The number of nitrogens with one attached hydrogen (secondary N) is 1. The topological polar surface area (TPSA) is 73.7 Å². The molecule has 0 aliphatic heterocycles. The highest BCUT2D eigenvalue weighted by atomic mass is 15.3. The van der Waals surface area contributed by atoms with E-state index < -0.39 is 0 Å². The number of rotatable bonds is 5. The van der Waals surface area contributed by atoms with Gasteiger partial charge in [-0.1, -0.05) is 6.92 Å². The van der Waals surface area contributed by atoms with Crippen LogP contribution in [0.5, 0.6) is 0 Å². The second-order valence-electron chi connectivity index (χ2n) is 4.41. The van der Waals surface area contributed by atoms with Crippen molar-refractivity contribution in [3.63, 3.8) is 0 Å². The van der Waals surface area contributed by atoms with Crippen LogP contribution in [0.4, 0.5) is 11.5 Å². The van der Waals surface area contributed by atoms with E-state index in [4.69, 9.17) is 5.73 Å². The SMILES string of the molecule is CCCn1nc(C)c(N)c1NCc1ccn(C)n1. The van der Waals surface area contributed by atoms with E-state index in [2.05, 4.69) is 22.4 Å². The first-order valence-corrected chi connectivity index (χ1v) is 6.17. The highest BCUT2D eigenvalue weighted by molar-refractivity contribution is 5.64. The number of aryl methyl sites for hydroxylation is 3. The van der Waals surface area contributed by atoms with Crippen LogP contribution >= 0.6 is 0 Å². The van der Waals surface area contributed by atoms with Crippen molar-refractivity contribution in [2.24, 2.45) is 7.05 Å². The van der Waals surface area contributed by atoms with Gasteiger partial charge in [0.2, 0.25) is 0 Å². The molecule has 98 valence electrons.